The molecule has 0 bridgehead atoms. The van der Waals surface area contributed by atoms with Gasteiger partial charge in [-0.25, -0.2) is 9.50 Å². The third-order valence-electron chi connectivity index (χ3n) is 6.30. The monoisotopic (exact) mass is 528 g/mol. The van der Waals surface area contributed by atoms with E-state index in [1.807, 2.05) is 66.7 Å². The average Bonchev–Trinajstić information content (AvgIpc) is 3.42. The molecule has 0 saturated carbocycles. The summed E-state index contributed by atoms with van der Waals surface area (Å²) in [7, 11) is 0. The maximum Gasteiger partial charge on any atom is 0.253 e. The second-order valence-corrected chi connectivity index (χ2v) is 9.90. The van der Waals surface area contributed by atoms with Gasteiger partial charge in [0.15, 0.2) is 0 Å². The Morgan fingerprint density at radius 2 is 1.81 bits per heavy atom. The summed E-state index contributed by atoms with van der Waals surface area (Å²) in [4.78, 5) is 34.7. The summed E-state index contributed by atoms with van der Waals surface area (Å²) in [6.07, 6.45) is 3.26. The largest absolute Gasteiger partial charge is 0.469 e. The van der Waals surface area contributed by atoms with Gasteiger partial charge < -0.3 is 10.1 Å². The Balaban J connectivity index is 1.43. The smallest absolute Gasteiger partial charge is 0.253 e. The number of benzene rings is 2. The number of β-lactam (4-membered cyclic amide) rings is 1. The molecule has 0 radical (unpaired) electrons. The second-order valence-electron chi connectivity index (χ2n) is 8.42. The molecule has 37 heavy (non-hydrogen) atoms. The van der Waals surface area contributed by atoms with Crippen molar-refractivity contribution in [3.63, 3.8) is 0 Å². The van der Waals surface area contributed by atoms with Crippen molar-refractivity contribution in [1.29, 1.82) is 0 Å². The van der Waals surface area contributed by atoms with E-state index in [9.17, 15) is 9.59 Å². The number of thiocarbonyl (C=S) groups is 1. The number of hydrogen-bond acceptors (Lipinski definition) is 8. The number of thioether (sulfide) groups is 1. The predicted octanol–water partition coefficient (Wildman–Crippen LogP) is 3.00. The van der Waals surface area contributed by atoms with Gasteiger partial charge in [0.2, 0.25) is 11.5 Å². The van der Waals surface area contributed by atoms with Gasteiger partial charge in [-0.1, -0.05) is 60.7 Å². The van der Waals surface area contributed by atoms with E-state index in [0.29, 0.717) is 29.3 Å². The lowest BCUT2D eigenvalue weighted by Gasteiger charge is -2.50. The predicted molar refractivity (Wildman–Crippen MR) is 142 cm³/mol. The average molecular weight is 529 g/mol. The summed E-state index contributed by atoms with van der Waals surface area (Å²) >= 11 is 7.43. The molecule has 1 N–H and O–H groups in total. The van der Waals surface area contributed by atoms with Crippen molar-refractivity contribution in [2.75, 3.05) is 5.75 Å². The van der Waals surface area contributed by atoms with Gasteiger partial charge in [0.05, 0.1) is 5.69 Å². The van der Waals surface area contributed by atoms with Crippen LogP contribution in [0.3, 0.4) is 0 Å². The lowest BCUT2D eigenvalue weighted by molar-refractivity contribution is -0.143. The van der Waals surface area contributed by atoms with E-state index in [1.54, 1.807) is 15.6 Å². The number of hydrogen-bond donors (Lipinski definition) is 1. The van der Waals surface area contributed by atoms with Gasteiger partial charge in [-0.3, -0.25) is 14.5 Å². The molecule has 2 atom stereocenters. The van der Waals surface area contributed by atoms with Crippen LogP contribution >= 0.6 is 24.0 Å². The quantitative estimate of drug-likeness (QED) is 0.222. The summed E-state index contributed by atoms with van der Waals surface area (Å²) in [5, 5.41) is 6.62. The normalized spacial score (nSPS) is 18.9. The molecule has 6 rings (SSSR count). The molecular formula is C26H20N6O3S2. The summed E-state index contributed by atoms with van der Waals surface area (Å²) in [5.74, 6) is 0.704. The molecule has 4 heterocycles. The number of carbonyl (C=O) groups excluding carboxylic acids is 2. The maximum absolute atomic E-state index is 13.2. The number of nitrogens with one attached hydrogen (secondary N) is 1. The van der Waals surface area contributed by atoms with E-state index in [0.717, 1.165) is 16.7 Å². The van der Waals surface area contributed by atoms with E-state index in [-0.39, 0.29) is 16.3 Å². The number of nitrogens with zero attached hydrogens (tertiary/aromatic N) is 5. The van der Waals surface area contributed by atoms with Crippen LogP contribution in [0.25, 0.3) is 11.4 Å². The van der Waals surface area contributed by atoms with Crippen molar-refractivity contribution in [3.8, 4) is 0 Å². The number of rotatable bonds is 7. The van der Waals surface area contributed by atoms with Crippen molar-refractivity contribution in [2.24, 2.45) is 0 Å². The second kappa shape index (κ2) is 9.75. The van der Waals surface area contributed by atoms with Gasteiger partial charge >= 0.3 is 0 Å². The van der Waals surface area contributed by atoms with Crippen LogP contribution in [-0.2, 0) is 14.3 Å². The minimum absolute atomic E-state index is 0.180. The fraction of sp³-hybridized carbons (Fsp3) is 0.154. The van der Waals surface area contributed by atoms with Crippen LogP contribution in [0, 0.1) is 0 Å². The number of aromatic nitrogens is 4. The van der Waals surface area contributed by atoms with Crippen LogP contribution < -0.4 is 5.32 Å². The standard InChI is InChI=1S/C26H20N6O3S2/c33-15-28-20-23(34)32-21(18(13-37-24(20)32)19-11-12-31-26(30-19)27-14-29-31)25(36)35-22(16-7-3-1-4-8-16)17-9-5-2-6-10-17/h1-12,14-15,20,22,24H,13H2,(H,28,33)/t20-,24-/m1/s1. The molecule has 184 valence electrons. The molecule has 9 nitrogen and oxygen atoms in total. The van der Waals surface area contributed by atoms with Crippen molar-refractivity contribution < 1.29 is 14.3 Å². The molecule has 2 aromatic carbocycles. The highest BCUT2D eigenvalue weighted by atomic mass is 32.2. The topological polar surface area (TPSA) is 102 Å². The van der Waals surface area contributed by atoms with Crippen LogP contribution in [0.1, 0.15) is 22.9 Å². The molecule has 4 aromatic rings. The lowest BCUT2D eigenvalue weighted by Crippen LogP contribution is -2.69. The van der Waals surface area contributed by atoms with Crippen molar-refractivity contribution in [3.05, 3.63) is 102 Å². The van der Waals surface area contributed by atoms with E-state index >= 15 is 0 Å². The molecular weight excluding hydrogens is 508 g/mol. The van der Waals surface area contributed by atoms with Crippen LogP contribution in [-0.4, -0.2) is 59.0 Å². The van der Waals surface area contributed by atoms with E-state index < -0.39 is 12.1 Å². The number of carbonyl (C=O) groups is 2. The lowest BCUT2D eigenvalue weighted by atomic mass is 10.00. The number of fused-ring (bicyclic) bond motifs is 2. The highest BCUT2D eigenvalue weighted by molar-refractivity contribution is 8.00. The Bertz CT molecular complexity index is 1490. The van der Waals surface area contributed by atoms with Crippen molar-refractivity contribution in [2.45, 2.75) is 17.5 Å². The zero-order chi connectivity index (χ0) is 25.4. The Labute approximate surface area is 221 Å². The van der Waals surface area contributed by atoms with E-state index in [2.05, 4.69) is 20.4 Å². The SMILES string of the molecule is O=CN[C@@H]1C(=O)N2C(C(=S)OC(c3ccccc3)c3ccccc3)=C(c3ccn4ncnc4n3)CS[C@H]12. The van der Waals surface area contributed by atoms with Crippen LogP contribution in [0.4, 0.5) is 0 Å². The van der Waals surface area contributed by atoms with Crippen LogP contribution in [0.15, 0.2) is 85.0 Å². The highest BCUT2D eigenvalue weighted by Crippen LogP contribution is 2.44. The third kappa shape index (κ3) is 4.15. The molecule has 2 aromatic heterocycles. The Kier molecular flexibility index (Phi) is 6.15. The molecule has 0 aliphatic carbocycles. The van der Waals surface area contributed by atoms with Crippen molar-refractivity contribution >= 4 is 52.7 Å². The molecule has 2 amide bonds. The van der Waals surface area contributed by atoms with Gasteiger partial charge in [0.1, 0.15) is 29.5 Å². The summed E-state index contributed by atoms with van der Waals surface area (Å²) < 4.78 is 8.07. The zero-order valence-corrected chi connectivity index (χ0v) is 20.9. The molecule has 2 aliphatic rings. The van der Waals surface area contributed by atoms with Gasteiger partial charge in [-0.05, 0) is 29.4 Å². The third-order valence-corrected chi connectivity index (χ3v) is 7.87. The minimum Gasteiger partial charge on any atom is -0.469 e. The Morgan fingerprint density at radius 3 is 2.49 bits per heavy atom. The molecule has 0 unspecified atom stereocenters. The van der Waals surface area contributed by atoms with Gasteiger partial charge in [-0.2, -0.15) is 10.1 Å². The summed E-state index contributed by atoms with van der Waals surface area (Å²) in [6, 6.07) is 20.8. The molecule has 11 heteroatoms. The first-order chi connectivity index (χ1) is 18.2. The first-order valence-electron chi connectivity index (χ1n) is 11.5. The number of ether oxygens (including phenoxy) is 1. The first kappa shape index (κ1) is 23.3. The van der Waals surface area contributed by atoms with Crippen LogP contribution in [0.2, 0.25) is 0 Å². The van der Waals surface area contributed by atoms with Gasteiger partial charge in [-0.15, -0.1) is 11.8 Å². The fourth-order valence-electron chi connectivity index (χ4n) is 4.53. The fourth-order valence-corrected chi connectivity index (χ4v) is 6.21. The Morgan fingerprint density at radius 1 is 1.11 bits per heavy atom. The molecule has 2 aliphatic heterocycles. The molecule has 1 fully saturated rings. The van der Waals surface area contributed by atoms with Gasteiger partial charge in [0, 0.05) is 17.5 Å². The van der Waals surface area contributed by atoms with Gasteiger partial charge in [0.25, 0.3) is 11.7 Å². The van der Waals surface area contributed by atoms with Crippen LogP contribution in [0.5, 0.6) is 0 Å². The minimum atomic E-state index is -0.618. The summed E-state index contributed by atoms with van der Waals surface area (Å²) in [5.41, 5.74) is 3.73. The highest BCUT2D eigenvalue weighted by Gasteiger charge is 2.53. The number of amides is 2. The van der Waals surface area contributed by atoms with E-state index in [4.69, 9.17) is 17.0 Å². The first-order valence-corrected chi connectivity index (χ1v) is 13.0. The molecule has 0 spiro atoms. The van der Waals surface area contributed by atoms with E-state index in [1.165, 1.54) is 18.1 Å². The Hall–Kier alpha value is -4.09. The van der Waals surface area contributed by atoms with Crippen molar-refractivity contribution in [1.82, 2.24) is 29.8 Å². The molecule has 1 saturated heterocycles. The zero-order valence-electron chi connectivity index (χ0n) is 19.3. The summed E-state index contributed by atoms with van der Waals surface area (Å²) in [6.45, 7) is 0. The maximum atomic E-state index is 13.2.